The molecule has 0 aromatic heterocycles. The van der Waals surface area contributed by atoms with Crippen molar-refractivity contribution in [2.24, 2.45) is 0 Å². The van der Waals surface area contributed by atoms with Crippen molar-refractivity contribution in [1.29, 1.82) is 0 Å². The third kappa shape index (κ3) is 5.50. The summed E-state index contributed by atoms with van der Waals surface area (Å²) in [6, 6.07) is 7.28. The van der Waals surface area contributed by atoms with Gasteiger partial charge in [0.05, 0.1) is 15.6 Å². The zero-order valence-electron chi connectivity index (χ0n) is 16.1. The molecule has 2 aromatic rings. The Morgan fingerprint density at radius 1 is 1.13 bits per heavy atom. The number of hydrogen-bond acceptors (Lipinski definition) is 4. The Morgan fingerprint density at radius 3 is 2.43 bits per heavy atom. The highest BCUT2D eigenvalue weighted by Crippen LogP contribution is 2.30. The average Bonchev–Trinajstić information content (AvgIpc) is 2.66. The molecule has 1 aliphatic rings. The third-order valence-corrected chi connectivity index (χ3v) is 7.34. The number of halogens is 3. The fourth-order valence-electron chi connectivity index (χ4n) is 3.27. The maximum atomic E-state index is 13.3. The lowest BCUT2D eigenvalue weighted by molar-refractivity contribution is 0.0163. The Morgan fingerprint density at radius 2 is 1.80 bits per heavy atom. The molecule has 0 aliphatic heterocycles. The minimum atomic E-state index is -3.98. The van der Waals surface area contributed by atoms with Gasteiger partial charge >= 0.3 is 0 Å². The molecule has 1 amide bonds. The van der Waals surface area contributed by atoms with Crippen LogP contribution in [0.1, 0.15) is 43.0 Å². The van der Waals surface area contributed by atoms with E-state index in [4.69, 9.17) is 23.2 Å². The zero-order chi connectivity index (χ0) is 22.1. The third-order valence-electron chi connectivity index (χ3n) is 5.04. The fourth-order valence-corrected chi connectivity index (χ4v) is 5.28. The van der Waals surface area contributed by atoms with Crippen molar-refractivity contribution >= 4 is 44.8 Å². The van der Waals surface area contributed by atoms with Crippen LogP contribution < -0.4 is 10.0 Å². The van der Waals surface area contributed by atoms with Gasteiger partial charge in [0.2, 0.25) is 10.0 Å². The summed E-state index contributed by atoms with van der Waals surface area (Å²) in [6.07, 6.45) is 1.96. The number of sulfonamides is 1. The van der Waals surface area contributed by atoms with Gasteiger partial charge in [-0.05, 0) is 69.0 Å². The summed E-state index contributed by atoms with van der Waals surface area (Å²) < 4.78 is 41.6. The highest BCUT2D eigenvalue weighted by atomic mass is 35.5. The second-order valence-electron chi connectivity index (χ2n) is 7.62. The van der Waals surface area contributed by atoms with Crippen LogP contribution in [0.4, 0.5) is 10.1 Å². The van der Waals surface area contributed by atoms with Crippen molar-refractivity contribution < 1.29 is 22.7 Å². The predicted molar refractivity (Wildman–Crippen MR) is 114 cm³/mol. The molecule has 0 unspecified atom stereocenters. The minimum absolute atomic E-state index is 0.0216. The summed E-state index contributed by atoms with van der Waals surface area (Å²) in [5, 5.41) is 12.4. The van der Waals surface area contributed by atoms with Gasteiger partial charge in [-0.25, -0.2) is 17.5 Å². The van der Waals surface area contributed by atoms with E-state index >= 15 is 0 Å². The van der Waals surface area contributed by atoms with Crippen molar-refractivity contribution in [2.45, 2.75) is 49.1 Å². The number of benzene rings is 2. The van der Waals surface area contributed by atoms with Crippen molar-refractivity contribution in [3.8, 4) is 0 Å². The Balaban J connectivity index is 1.78. The zero-order valence-corrected chi connectivity index (χ0v) is 18.4. The summed E-state index contributed by atoms with van der Waals surface area (Å²) in [6.45, 7) is 1.73. The summed E-state index contributed by atoms with van der Waals surface area (Å²) in [4.78, 5) is 12.3. The first-order chi connectivity index (χ1) is 14.0. The first-order valence-electron chi connectivity index (χ1n) is 9.27. The van der Waals surface area contributed by atoms with Gasteiger partial charge < -0.3 is 10.4 Å². The first-order valence-corrected chi connectivity index (χ1v) is 11.5. The van der Waals surface area contributed by atoms with Gasteiger partial charge in [-0.1, -0.05) is 23.2 Å². The fraction of sp³-hybridized carbons (Fsp3) is 0.350. The van der Waals surface area contributed by atoms with E-state index in [1.807, 2.05) is 0 Å². The van der Waals surface area contributed by atoms with Gasteiger partial charge in [-0.3, -0.25) is 4.79 Å². The summed E-state index contributed by atoms with van der Waals surface area (Å²) >= 11 is 11.8. The molecule has 1 fully saturated rings. The SMILES string of the molecule is CC1(O)CCC(NS(=O)(=O)c2cc(C(=O)Nc3ccc(F)c(Cl)c3)ccc2Cl)CC1. The van der Waals surface area contributed by atoms with Crippen LogP contribution in [0.25, 0.3) is 0 Å². The van der Waals surface area contributed by atoms with Crippen LogP contribution in [0.5, 0.6) is 0 Å². The van der Waals surface area contributed by atoms with Gasteiger partial charge in [0.25, 0.3) is 5.91 Å². The smallest absolute Gasteiger partial charge is 0.255 e. The molecule has 0 heterocycles. The lowest BCUT2D eigenvalue weighted by Gasteiger charge is -2.33. The van der Waals surface area contributed by atoms with Crippen molar-refractivity contribution in [3.63, 3.8) is 0 Å². The van der Waals surface area contributed by atoms with Gasteiger partial charge in [0, 0.05) is 17.3 Å². The number of nitrogens with one attached hydrogen (secondary N) is 2. The Bertz CT molecular complexity index is 1070. The van der Waals surface area contributed by atoms with Crippen molar-refractivity contribution in [3.05, 3.63) is 57.8 Å². The molecule has 30 heavy (non-hydrogen) atoms. The lowest BCUT2D eigenvalue weighted by Crippen LogP contribution is -2.42. The monoisotopic (exact) mass is 474 g/mol. The van der Waals surface area contributed by atoms with Crippen LogP contribution in [0.3, 0.4) is 0 Å². The van der Waals surface area contributed by atoms with Crippen LogP contribution in [0.2, 0.25) is 10.0 Å². The molecule has 0 bridgehead atoms. The molecule has 6 nitrogen and oxygen atoms in total. The van der Waals surface area contributed by atoms with Crippen LogP contribution in [0, 0.1) is 5.82 Å². The van der Waals surface area contributed by atoms with E-state index < -0.39 is 27.3 Å². The Labute approximate surface area is 184 Å². The van der Waals surface area contributed by atoms with E-state index in [0.29, 0.717) is 25.7 Å². The van der Waals surface area contributed by atoms with Gasteiger partial charge in [0.1, 0.15) is 10.7 Å². The maximum absolute atomic E-state index is 13.3. The molecule has 3 rings (SSSR count). The molecule has 0 saturated heterocycles. The number of aliphatic hydroxyl groups is 1. The highest BCUT2D eigenvalue weighted by molar-refractivity contribution is 7.89. The summed E-state index contributed by atoms with van der Waals surface area (Å²) in [5.74, 6) is -1.22. The van der Waals surface area contributed by atoms with E-state index in [1.54, 1.807) is 6.92 Å². The van der Waals surface area contributed by atoms with Crippen LogP contribution in [-0.4, -0.2) is 31.1 Å². The number of hydrogen-bond donors (Lipinski definition) is 3. The van der Waals surface area contributed by atoms with E-state index in [1.165, 1.54) is 30.3 Å². The second kappa shape index (κ2) is 8.80. The van der Waals surface area contributed by atoms with E-state index in [-0.39, 0.29) is 32.2 Å². The van der Waals surface area contributed by atoms with E-state index in [0.717, 1.165) is 6.07 Å². The molecule has 162 valence electrons. The average molecular weight is 475 g/mol. The number of carbonyl (C=O) groups excluding carboxylic acids is 1. The molecule has 0 atom stereocenters. The molecular weight excluding hydrogens is 454 g/mol. The minimum Gasteiger partial charge on any atom is -0.390 e. The van der Waals surface area contributed by atoms with Gasteiger partial charge in [-0.15, -0.1) is 0 Å². The molecule has 3 N–H and O–H groups in total. The molecule has 1 saturated carbocycles. The van der Waals surface area contributed by atoms with Crippen LogP contribution in [0.15, 0.2) is 41.3 Å². The Hall–Kier alpha value is -1.71. The number of anilines is 1. The van der Waals surface area contributed by atoms with E-state index in [9.17, 15) is 22.7 Å². The van der Waals surface area contributed by atoms with Crippen LogP contribution >= 0.6 is 23.2 Å². The highest BCUT2D eigenvalue weighted by Gasteiger charge is 2.32. The van der Waals surface area contributed by atoms with Crippen molar-refractivity contribution in [1.82, 2.24) is 4.72 Å². The second-order valence-corrected chi connectivity index (χ2v) is 10.1. The van der Waals surface area contributed by atoms with Crippen molar-refractivity contribution in [2.75, 3.05) is 5.32 Å². The molecule has 0 radical (unpaired) electrons. The largest absolute Gasteiger partial charge is 0.390 e. The first kappa shape index (κ1) is 23.0. The normalized spacial score (nSPS) is 22.0. The summed E-state index contributed by atoms with van der Waals surface area (Å²) in [7, 11) is -3.98. The van der Waals surface area contributed by atoms with Gasteiger partial charge in [-0.2, -0.15) is 0 Å². The number of amides is 1. The maximum Gasteiger partial charge on any atom is 0.255 e. The topological polar surface area (TPSA) is 95.5 Å². The Kier molecular flexibility index (Phi) is 6.74. The molecule has 1 aliphatic carbocycles. The lowest BCUT2D eigenvalue weighted by atomic mass is 9.84. The molecule has 0 spiro atoms. The molecular formula is C20H21Cl2FN2O4S. The number of rotatable bonds is 5. The number of carbonyl (C=O) groups is 1. The summed E-state index contributed by atoms with van der Waals surface area (Å²) in [5.41, 5.74) is -0.467. The molecule has 2 aromatic carbocycles. The standard InChI is InChI=1S/C20H21Cl2FN2O4S/c1-20(27)8-6-13(7-9-20)25-30(28,29)18-10-12(2-4-15(18)21)19(26)24-14-3-5-17(23)16(22)11-14/h2-5,10-11,13,25,27H,6-9H2,1H3,(H,24,26). The van der Waals surface area contributed by atoms with Crippen LogP contribution in [-0.2, 0) is 10.0 Å². The quantitative estimate of drug-likeness (QED) is 0.599. The predicted octanol–water partition coefficient (Wildman–Crippen LogP) is 4.36. The van der Waals surface area contributed by atoms with Gasteiger partial charge in [0.15, 0.2) is 0 Å². The molecule has 10 heteroatoms. The van der Waals surface area contributed by atoms with E-state index in [2.05, 4.69) is 10.0 Å².